The van der Waals surface area contributed by atoms with E-state index in [-0.39, 0.29) is 5.92 Å². The minimum atomic E-state index is -0.843. The Morgan fingerprint density at radius 3 is 2.50 bits per heavy atom. The zero-order valence-electron chi connectivity index (χ0n) is 10.7. The minimum absolute atomic E-state index is 0.152. The molecule has 0 aromatic heterocycles. The number of aliphatic hydroxyl groups is 1. The zero-order chi connectivity index (χ0) is 12.2. The molecule has 0 fully saturated rings. The summed E-state index contributed by atoms with van der Waals surface area (Å²) in [5.74, 6) is 0.946. The smallest absolute Gasteiger partial charge is 0.125 e. The molecule has 0 saturated carbocycles. The van der Waals surface area contributed by atoms with Crippen LogP contribution in [-0.4, -0.2) is 11.7 Å². The molecule has 1 aromatic rings. The molecule has 0 aliphatic carbocycles. The fourth-order valence-electron chi connectivity index (χ4n) is 1.53. The van der Waals surface area contributed by atoms with Crippen molar-refractivity contribution in [1.29, 1.82) is 0 Å². The first kappa shape index (κ1) is 13.0. The van der Waals surface area contributed by atoms with Gasteiger partial charge in [0.15, 0.2) is 0 Å². The van der Waals surface area contributed by atoms with Crippen LogP contribution in [-0.2, 0) is 5.60 Å². The molecule has 1 atom stereocenters. The second-order valence-corrected chi connectivity index (χ2v) is 4.65. The van der Waals surface area contributed by atoms with Crippen molar-refractivity contribution in [2.75, 3.05) is 6.61 Å². The molecule has 0 spiro atoms. The molecule has 0 radical (unpaired) electrons. The third kappa shape index (κ3) is 2.76. The first-order valence-electron chi connectivity index (χ1n) is 5.94. The standard InChI is InChI=1S/C14H22O2/c1-5-10-16-13-9-7-6-8-12(13)14(4,15)11(2)3/h6-9,11,15H,5,10H2,1-4H3. The van der Waals surface area contributed by atoms with Crippen LogP contribution in [0, 0.1) is 5.92 Å². The number of rotatable bonds is 5. The zero-order valence-corrected chi connectivity index (χ0v) is 10.7. The van der Waals surface area contributed by atoms with Crippen molar-refractivity contribution in [2.24, 2.45) is 5.92 Å². The molecular weight excluding hydrogens is 200 g/mol. The van der Waals surface area contributed by atoms with Gasteiger partial charge in [0.25, 0.3) is 0 Å². The van der Waals surface area contributed by atoms with E-state index in [0.717, 1.165) is 17.7 Å². The summed E-state index contributed by atoms with van der Waals surface area (Å²) in [5.41, 5.74) is 0.0306. The Morgan fingerprint density at radius 2 is 1.94 bits per heavy atom. The van der Waals surface area contributed by atoms with Gasteiger partial charge in [-0.05, 0) is 25.3 Å². The maximum absolute atomic E-state index is 10.5. The monoisotopic (exact) mass is 222 g/mol. The molecule has 0 saturated heterocycles. The lowest BCUT2D eigenvalue weighted by Gasteiger charge is -2.30. The van der Waals surface area contributed by atoms with Gasteiger partial charge in [0, 0.05) is 5.56 Å². The summed E-state index contributed by atoms with van der Waals surface area (Å²) in [6.07, 6.45) is 0.970. The van der Waals surface area contributed by atoms with E-state index in [2.05, 4.69) is 6.92 Å². The fourth-order valence-corrected chi connectivity index (χ4v) is 1.53. The van der Waals surface area contributed by atoms with Crippen molar-refractivity contribution in [2.45, 2.75) is 39.7 Å². The van der Waals surface area contributed by atoms with E-state index in [1.54, 1.807) is 0 Å². The Labute approximate surface area is 98.3 Å². The van der Waals surface area contributed by atoms with Crippen LogP contribution in [0.5, 0.6) is 5.75 Å². The second kappa shape index (κ2) is 5.35. The number of hydrogen-bond acceptors (Lipinski definition) is 2. The predicted molar refractivity (Wildman–Crippen MR) is 66.6 cm³/mol. The Bertz CT molecular complexity index is 329. The lowest BCUT2D eigenvalue weighted by atomic mass is 9.85. The molecule has 0 bridgehead atoms. The highest BCUT2D eigenvalue weighted by Crippen LogP contribution is 2.35. The molecule has 16 heavy (non-hydrogen) atoms. The maximum Gasteiger partial charge on any atom is 0.125 e. The van der Waals surface area contributed by atoms with Crippen LogP contribution in [0.4, 0.5) is 0 Å². The van der Waals surface area contributed by atoms with Crippen molar-refractivity contribution < 1.29 is 9.84 Å². The first-order chi connectivity index (χ1) is 7.50. The van der Waals surface area contributed by atoms with Gasteiger partial charge in [-0.1, -0.05) is 39.0 Å². The van der Waals surface area contributed by atoms with Crippen LogP contribution >= 0.6 is 0 Å². The Hall–Kier alpha value is -1.02. The van der Waals surface area contributed by atoms with Crippen LogP contribution in [0.15, 0.2) is 24.3 Å². The highest BCUT2D eigenvalue weighted by Gasteiger charge is 2.30. The summed E-state index contributed by atoms with van der Waals surface area (Å²) >= 11 is 0. The number of hydrogen-bond donors (Lipinski definition) is 1. The van der Waals surface area contributed by atoms with Crippen molar-refractivity contribution in [3.05, 3.63) is 29.8 Å². The molecule has 1 N–H and O–H groups in total. The Balaban J connectivity index is 3.02. The SMILES string of the molecule is CCCOc1ccccc1C(C)(O)C(C)C. The van der Waals surface area contributed by atoms with Gasteiger partial charge < -0.3 is 9.84 Å². The summed E-state index contributed by atoms with van der Waals surface area (Å²) in [4.78, 5) is 0. The maximum atomic E-state index is 10.5. The van der Waals surface area contributed by atoms with Gasteiger partial charge in [-0.25, -0.2) is 0 Å². The van der Waals surface area contributed by atoms with Gasteiger partial charge >= 0.3 is 0 Å². The van der Waals surface area contributed by atoms with Crippen molar-refractivity contribution in [1.82, 2.24) is 0 Å². The summed E-state index contributed by atoms with van der Waals surface area (Å²) in [5, 5.41) is 10.5. The summed E-state index contributed by atoms with van der Waals surface area (Å²) in [6.45, 7) is 8.62. The Morgan fingerprint density at radius 1 is 1.31 bits per heavy atom. The van der Waals surface area contributed by atoms with E-state index in [1.807, 2.05) is 45.0 Å². The third-order valence-corrected chi connectivity index (χ3v) is 3.02. The number of ether oxygens (including phenoxy) is 1. The molecule has 2 nitrogen and oxygen atoms in total. The van der Waals surface area contributed by atoms with Gasteiger partial charge in [-0.15, -0.1) is 0 Å². The molecule has 2 heteroatoms. The van der Waals surface area contributed by atoms with Crippen LogP contribution < -0.4 is 4.74 Å². The largest absolute Gasteiger partial charge is 0.493 e. The molecule has 1 unspecified atom stereocenters. The van der Waals surface area contributed by atoms with Gasteiger partial charge in [0.05, 0.1) is 12.2 Å². The van der Waals surface area contributed by atoms with E-state index in [1.165, 1.54) is 0 Å². The van der Waals surface area contributed by atoms with Crippen molar-refractivity contribution in [3.63, 3.8) is 0 Å². The van der Waals surface area contributed by atoms with E-state index < -0.39 is 5.60 Å². The van der Waals surface area contributed by atoms with E-state index >= 15 is 0 Å². The van der Waals surface area contributed by atoms with E-state index in [9.17, 15) is 5.11 Å². The van der Waals surface area contributed by atoms with Crippen molar-refractivity contribution in [3.8, 4) is 5.75 Å². The molecule has 0 aliphatic heterocycles. The van der Waals surface area contributed by atoms with Crippen LogP contribution in [0.2, 0.25) is 0 Å². The molecule has 1 aromatic carbocycles. The minimum Gasteiger partial charge on any atom is -0.493 e. The number of benzene rings is 1. The summed E-state index contributed by atoms with van der Waals surface area (Å²) in [7, 11) is 0. The second-order valence-electron chi connectivity index (χ2n) is 4.65. The molecule has 0 heterocycles. The molecule has 0 aliphatic rings. The van der Waals surface area contributed by atoms with E-state index in [0.29, 0.717) is 6.61 Å². The topological polar surface area (TPSA) is 29.5 Å². The van der Waals surface area contributed by atoms with Gasteiger partial charge in [0.2, 0.25) is 0 Å². The predicted octanol–water partition coefficient (Wildman–Crippen LogP) is 3.34. The quantitative estimate of drug-likeness (QED) is 0.828. The summed E-state index contributed by atoms with van der Waals surface area (Å²) < 4.78 is 5.66. The van der Waals surface area contributed by atoms with Crippen molar-refractivity contribution >= 4 is 0 Å². The van der Waals surface area contributed by atoms with Gasteiger partial charge in [-0.2, -0.15) is 0 Å². The average Bonchev–Trinajstić information content (AvgIpc) is 2.26. The summed E-state index contributed by atoms with van der Waals surface area (Å²) in [6, 6.07) is 7.72. The van der Waals surface area contributed by atoms with Crippen LogP contribution in [0.1, 0.15) is 39.7 Å². The highest BCUT2D eigenvalue weighted by atomic mass is 16.5. The Kier molecular flexibility index (Phi) is 4.36. The lowest BCUT2D eigenvalue weighted by molar-refractivity contribution is 0.00645. The molecule has 0 amide bonds. The number of para-hydroxylation sites is 1. The van der Waals surface area contributed by atoms with Crippen LogP contribution in [0.25, 0.3) is 0 Å². The molecule has 90 valence electrons. The molecular formula is C14H22O2. The van der Waals surface area contributed by atoms with Gasteiger partial charge in [-0.3, -0.25) is 0 Å². The normalized spacial score (nSPS) is 14.9. The lowest BCUT2D eigenvalue weighted by Crippen LogP contribution is -2.28. The first-order valence-corrected chi connectivity index (χ1v) is 5.94. The molecule has 1 rings (SSSR count). The van der Waals surface area contributed by atoms with E-state index in [4.69, 9.17) is 4.74 Å². The fraction of sp³-hybridized carbons (Fsp3) is 0.571. The van der Waals surface area contributed by atoms with Crippen LogP contribution in [0.3, 0.4) is 0 Å². The average molecular weight is 222 g/mol. The van der Waals surface area contributed by atoms with Gasteiger partial charge in [0.1, 0.15) is 5.75 Å². The third-order valence-electron chi connectivity index (χ3n) is 3.02. The highest BCUT2D eigenvalue weighted by molar-refractivity contribution is 5.37.